The van der Waals surface area contributed by atoms with E-state index < -0.39 is 15.8 Å². The summed E-state index contributed by atoms with van der Waals surface area (Å²) < 4.78 is 40.9. The minimum Gasteiger partial charge on any atom is -0.280 e. The molecule has 0 heterocycles. The van der Waals surface area contributed by atoms with E-state index >= 15 is 0 Å². The van der Waals surface area contributed by atoms with Gasteiger partial charge in [-0.1, -0.05) is 22.0 Å². The lowest BCUT2D eigenvalue weighted by atomic mass is 10.2. The van der Waals surface area contributed by atoms with Crippen molar-refractivity contribution in [1.82, 2.24) is 0 Å². The molecule has 1 N–H and O–H groups in total. The highest BCUT2D eigenvalue weighted by molar-refractivity contribution is 9.10. The van der Waals surface area contributed by atoms with Gasteiger partial charge in [0.25, 0.3) is 10.0 Å². The fourth-order valence-corrected chi connectivity index (χ4v) is 3.58. The summed E-state index contributed by atoms with van der Waals surface area (Å²) in [5.41, 5.74) is 0.488. The summed E-state index contributed by atoms with van der Waals surface area (Å²) in [7, 11) is -3.82. The third-order valence-corrected chi connectivity index (χ3v) is 4.80. The van der Waals surface area contributed by atoms with Gasteiger partial charge in [0, 0.05) is 4.47 Å². The van der Waals surface area contributed by atoms with Crippen molar-refractivity contribution in [3.8, 4) is 6.07 Å². The summed E-state index contributed by atoms with van der Waals surface area (Å²) in [6.45, 7) is 1.67. The summed E-state index contributed by atoms with van der Waals surface area (Å²) in [5.74, 6) is -0.695. The van der Waals surface area contributed by atoms with E-state index in [2.05, 4.69) is 20.7 Å². The maximum absolute atomic E-state index is 13.2. The lowest BCUT2D eigenvalue weighted by Crippen LogP contribution is -2.14. The van der Waals surface area contributed by atoms with Crippen LogP contribution in [0, 0.1) is 24.1 Å². The van der Waals surface area contributed by atoms with Gasteiger partial charge in [0.15, 0.2) is 0 Å². The van der Waals surface area contributed by atoms with E-state index in [1.165, 1.54) is 12.1 Å². The first kappa shape index (κ1) is 15.5. The Morgan fingerprint density at radius 1 is 1.24 bits per heavy atom. The molecule has 0 bridgehead atoms. The van der Waals surface area contributed by atoms with E-state index in [4.69, 9.17) is 5.26 Å². The molecule has 4 nitrogen and oxygen atoms in total. The fourth-order valence-electron chi connectivity index (χ4n) is 1.75. The molecule has 2 aromatic carbocycles. The maximum atomic E-state index is 13.2. The summed E-state index contributed by atoms with van der Waals surface area (Å²) in [5, 5.41) is 8.77. The minimum absolute atomic E-state index is 0.111. The van der Waals surface area contributed by atoms with Crippen LogP contribution in [0.4, 0.5) is 10.1 Å². The van der Waals surface area contributed by atoms with Crippen LogP contribution >= 0.6 is 15.9 Å². The summed E-state index contributed by atoms with van der Waals surface area (Å²) in [6, 6.07) is 10.0. The first-order valence-electron chi connectivity index (χ1n) is 5.82. The lowest BCUT2D eigenvalue weighted by molar-refractivity contribution is 0.600. The Bertz CT molecular complexity index is 845. The predicted octanol–water partition coefficient (Wildman–Crippen LogP) is 3.57. The topological polar surface area (TPSA) is 70.0 Å². The number of nitrogens with one attached hydrogen (secondary N) is 1. The lowest BCUT2D eigenvalue weighted by Gasteiger charge is -2.11. The van der Waals surface area contributed by atoms with E-state index in [1.807, 2.05) is 0 Å². The number of sulfonamides is 1. The van der Waals surface area contributed by atoms with Crippen LogP contribution in [0.15, 0.2) is 45.8 Å². The number of benzene rings is 2. The molecule has 0 aliphatic carbocycles. The van der Waals surface area contributed by atoms with Crippen LogP contribution in [0.2, 0.25) is 0 Å². The number of halogens is 2. The number of aryl methyl sites for hydroxylation is 1. The fraction of sp³-hybridized carbons (Fsp3) is 0.0714. The largest absolute Gasteiger partial charge is 0.280 e. The number of rotatable bonds is 3. The van der Waals surface area contributed by atoms with Crippen LogP contribution in [0.25, 0.3) is 0 Å². The molecule has 108 valence electrons. The van der Waals surface area contributed by atoms with Gasteiger partial charge in [-0.15, -0.1) is 0 Å². The van der Waals surface area contributed by atoms with E-state index in [0.717, 1.165) is 12.1 Å². The smallest absolute Gasteiger partial charge is 0.262 e. The van der Waals surface area contributed by atoms with Crippen LogP contribution in [-0.2, 0) is 10.0 Å². The van der Waals surface area contributed by atoms with Gasteiger partial charge in [-0.05, 0) is 42.8 Å². The Morgan fingerprint density at radius 2 is 1.95 bits per heavy atom. The van der Waals surface area contributed by atoms with Crippen molar-refractivity contribution >= 4 is 31.6 Å². The van der Waals surface area contributed by atoms with Crippen molar-refractivity contribution in [3.63, 3.8) is 0 Å². The van der Waals surface area contributed by atoms with Crippen LogP contribution < -0.4 is 4.72 Å². The first-order chi connectivity index (χ1) is 9.83. The number of hydrogen-bond donors (Lipinski definition) is 1. The van der Waals surface area contributed by atoms with Crippen molar-refractivity contribution < 1.29 is 12.8 Å². The second-order valence-corrected chi connectivity index (χ2v) is 6.89. The third-order valence-electron chi connectivity index (χ3n) is 2.78. The second kappa shape index (κ2) is 5.84. The van der Waals surface area contributed by atoms with Crippen molar-refractivity contribution in [2.24, 2.45) is 0 Å². The van der Waals surface area contributed by atoms with Gasteiger partial charge >= 0.3 is 0 Å². The SMILES string of the molecule is Cc1ccc(Br)cc1S(=O)(=O)Nc1ccc(F)c(C#N)c1. The summed E-state index contributed by atoms with van der Waals surface area (Å²) in [6.07, 6.45) is 0. The Balaban J connectivity index is 2.43. The standard InChI is InChI=1S/C14H10BrFN2O2S/c1-9-2-3-11(15)7-14(9)21(19,20)18-12-4-5-13(16)10(6-12)8-17/h2-7,18H,1H3. The van der Waals surface area contributed by atoms with E-state index in [-0.39, 0.29) is 16.1 Å². The van der Waals surface area contributed by atoms with Crippen molar-refractivity contribution in [1.29, 1.82) is 5.26 Å². The number of nitrogens with zero attached hydrogens (tertiary/aromatic N) is 1. The van der Waals surface area contributed by atoms with Crippen molar-refractivity contribution in [2.75, 3.05) is 4.72 Å². The molecular weight excluding hydrogens is 359 g/mol. The zero-order valence-electron chi connectivity index (χ0n) is 10.9. The molecule has 0 atom stereocenters. The van der Waals surface area contributed by atoms with Crippen molar-refractivity contribution in [3.05, 3.63) is 57.8 Å². The molecule has 7 heteroatoms. The molecule has 0 saturated heterocycles. The predicted molar refractivity (Wildman–Crippen MR) is 80.8 cm³/mol. The average Bonchev–Trinajstić information content (AvgIpc) is 2.43. The summed E-state index contributed by atoms with van der Waals surface area (Å²) in [4.78, 5) is 0.111. The molecular formula is C14H10BrFN2O2S. The van der Waals surface area contributed by atoms with E-state index in [9.17, 15) is 12.8 Å². The van der Waals surface area contributed by atoms with Crippen LogP contribution in [-0.4, -0.2) is 8.42 Å². The highest BCUT2D eigenvalue weighted by Crippen LogP contribution is 2.24. The van der Waals surface area contributed by atoms with Gasteiger partial charge in [-0.3, -0.25) is 4.72 Å². The number of anilines is 1. The van der Waals surface area contributed by atoms with Gasteiger partial charge in [0.1, 0.15) is 11.9 Å². The van der Waals surface area contributed by atoms with Crippen LogP contribution in [0.3, 0.4) is 0 Å². The zero-order valence-corrected chi connectivity index (χ0v) is 13.3. The van der Waals surface area contributed by atoms with Gasteiger partial charge < -0.3 is 0 Å². The molecule has 0 saturated carbocycles. The second-order valence-electron chi connectivity index (χ2n) is 4.32. The molecule has 0 spiro atoms. The van der Waals surface area contributed by atoms with Gasteiger partial charge in [0.05, 0.1) is 16.1 Å². The maximum Gasteiger partial charge on any atom is 0.262 e. The van der Waals surface area contributed by atoms with Gasteiger partial charge in [-0.25, -0.2) is 12.8 Å². The molecule has 2 aromatic rings. The van der Waals surface area contributed by atoms with Crippen molar-refractivity contribution in [2.45, 2.75) is 11.8 Å². The van der Waals surface area contributed by atoms with Gasteiger partial charge in [0.2, 0.25) is 0 Å². The molecule has 0 aliphatic heterocycles. The monoisotopic (exact) mass is 368 g/mol. The molecule has 0 aromatic heterocycles. The molecule has 0 radical (unpaired) electrons. The van der Waals surface area contributed by atoms with E-state index in [0.29, 0.717) is 10.0 Å². The normalized spacial score (nSPS) is 11.0. The number of hydrogen-bond acceptors (Lipinski definition) is 3. The molecule has 21 heavy (non-hydrogen) atoms. The molecule has 2 rings (SSSR count). The molecule has 0 aliphatic rings. The highest BCUT2D eigenvalue weighted by Gasteiger charge is 2.18. The van der Waals surface area contributed by atoms with Crippen LogP contribution in [0.5, 0.6) is 0 Å². The minimum atomic E-state index is -3.82. The average molecular weight is 369 g/mol. The first-order valence-corrected chi connectivity index (χ1v) is 8.10. The Hall–Kier alpha value is -1.91. The van der Waals surface area contributed by atoms with Gasteiger partial charge in [-0.2, -0.15) is 5.26 Å². The molecule has 0 fully saturated rings. The Labute approximate surface area is 130 Å². The third kappa shape index (κ3) is 3.40. The Kier molecular flexibility index (Phi) is 4.30. The molecule has 0 unspecified atom stereocenters. The highest BCUT2D eigenvalue weighted by atomic mass is 79.9. The van der Waals surface area contributed by atoms with Crippen LogP contribution in [0.1, 0.15) is 11.1 Å². The Morgan fingerprint density at radius 3 is 2.62 bits per heavy atom. The summed E-state index contributed by atoms with van der Waals surface area (Å²) >= 11 is 3.22. The zero-order chi connectivity index (χ0) is 15.6. The molecule has 0 amide bonds. The quantitative estimate of drug-likeness (QED) is 0.899. The van der Waals surface area contributed by atoms with E-state index in [1.54, 1.807) is 25.1 Å². The number of nitriles is 1.